The number of halogens is 2. The lowest BCUT2D eigenvalue weighted by molar-refractivity contribution is -0.131. The van der Waals surface area contributed by atoms with E-state index in [2.05, 4.69) is 15.9 Å². The van der Waals surface area contributed by atoms with Gasteiger partial charge in [0, 0.05) is 15.6 Å². The van der Waals surface area contributed by atoms with Gasteiger partial charge in [0.25, 0.3) is 0 Å². The highest BCUT2D eigenvalue weighted by Gasteiger charge is 2.02. The van der Waals surface area contributed by atoms with Gasteiger partial charge in [-0.25, -0.2) is 4.79 Å². The largest absolute Gasteiger partial charge is 0.489 e. The second kappa shape index (κ2) is 7.29. The molecule has 0 amide bonds. The molecular formula is C16H12BrClO3. The van der Waals surface area contributed by atoms with Crippen molar-refractivity contribution in [2.45, 2.75) is 6.61 Å². The smallest absolute Gasteiger partial charge is 0.328 e. The third-order valence-electron chi connectivity index (χ3n) is 2.69. The summed E-state index contributed by atoms with van der Waals surface area (Å²) in [5, 5.41) is 9.35. The predicted octanol–water partition coefficient (Wildman–Crippen LogP) is 4.78. The molecule has 1 N–H and O–H groups in total. The number of hydrogen-bond donors (Lipinski definition) is 1. The number of rotatable bonds is 5. The van der Waals surface area contributed by atoms with Crippen LogP contribution in [0.25, 0.3) is 6.08 Å². The van der Waals surface area contributed by atoms with Crippen molar-refractivity contribution in [3.63, 3.8) is 0 Å². The van der Waals surface area contributed by atoms with Gasteiger partial charge in [0.2, 0.25) is 0 Å². The van der Waals surface area contributed by atoms with Gasteiger partial charge in [0.05, 0.1) is 0 Å². The van der Waals surface area contributed by atoms with Gasteiger partial charge in [0.1, 0.15) is 12.4 Å². The van der Waals surface area contributed by atoms with Crippen molar-refractivity contribution in [2.24, 2.45) is 0 Å². The minimum atomic E-state index is -0.991. The van der Waals surface area contributed by atoms with E-state index in [4.69, 9.17) is 21.4 Å². The molecule has 21 heavy (non-hydrogen) atoms. The summed E-state index contributed by atoms with van der Waals surface area (Å²) in [5.74, 6) is -0.326. The van der Waals surface area contributed by atoms with Crippen molar-refractivity contribution in [1.29, 1.82) is 0 Å². The van der Waals surface area contributed by atoms with Crippen LogP contribution in [0.1, 0.15) is 11.1 Å². The Morgan fingerprint density at radius 2 is 1.95 bits per heavy atom. The number of ether oxygens (including phenoxy) is 1. The van der Waals surface area contributed by atoms with Crippen LogP contribution in [0.2, 0.25) is 5.02 Å². The summed E-state index contributed by atoms with van der Waals surface area (Å²) >= 11 is 9.20. The number of carboxylic acid groups (broad SMARTS) is 1. The standard InChI is InChI=1S/C16H12BrClO3/c17-15-7-6-14(9-12(15)3-8-16(19)20)21-10-11-1-4-13(18)5-2-11/h1-9H,10H2,(H,19,20)/b8-3+. The van der Waals surface area contributed by atoms with E-state index in [1.54, 1.807) is 6.07 Å². The molecule has 0 bridgehead atoms. The molecule has 0 radical (unpaired) electrons. The second-order valence-corrected chi connectivity index (χ2v) is 5.56. The van der Waals surface area contributed by atoms with E-state index in [1.165, 1.54) is 6.08 Å². The molecule has 0 fully saturated rings. The van der Waals surface area contributed by atoms with Crippen LogP contribution in [0.4, 0.5) is 0 Å². The van der Waals surface area contributed by atoms with E-state index in [0.29, 0.717) is 17.4 Å². The summed E-state index contributed by atoms with van der Waals surface area (Å²) in [7, 11) is 0. The minimum Gasteiger partial charge on any atom is -0.489 e. The van der Waals surface area contributed by atoms with Gasteiger partial charge >= 0.3 is 5.97 Å². The van der Waals surface area contributed by atoms with Crippen LogP contribution < -0.4 is 4.74 Å². The maximum Gasteiger partial charge on any atom is 0.328 e. The topological polar surface area (TPSA) is 46.5 Å². The molecule has 0 aliphatic heterocycles. The molecule has 0 spiro atoms. The zero-order chi connectivity index (χ0) is 15.2. The molecule has 2 rings (SSSR count). The SMILES string of the molecule is O=C(O)/C=C/c1cc(OCc2ccc(Cl)cc2)ccc1Br. The molecule has 0 aliphatic rings. The van der Waals surface area contributed by atoms with Gasteiger partial charge in [-0.15, -0.1) is 0 Å². The zero-order valence-electron chi connectivity index (χ0n) is 10.9. The molecule has 0 atom stereocenters. The van der Waals surface area contributed by atoms with Gasteiger partial charge < -0.3 is 9.84 Å². The predicted molar refractivity (Wildman–Crippen MR) is 86.6 cm³/mol. The van der Waals surface area contributed by atoms with E-state index in [0.717, 1.165) is 21.7 Å². The van der Waals surface area contributed by atoms with Crippen molar-refractivity contribution < 1.29 is 14.6 Å². The highest BCUT2D eigenvalue weighted by Crippen LogP contribution is 2.24. The van der Waals surface area contributed by atoms with Crippen molar-refractivity contribution in [2.75, 3.05) is 0 Å². The molecule has 0 heterocycles. The lowest BCUT2D eigenvalue weighted by atomic mass is 10.2. The third kappa shape index (κ3) is 4.92. The zero-order valence-corrected chi connectivity index (χ0v) is 13.3. The molecule has 0 aliphatic carbocycles. The first kappa shape index (κ1) is 15.6. The fraction of sp³-hybridized carbons (Fsp3) is 0.0625. The number of carboxylic acids is 1. The van der Waals surface area contributed by atoms with Crippen LogP contribution in [0.5, 0.6) is 5.75 Å². The highest BCUT2D eigenvalue weighted by atomic mass is 79.9. The summed E-state index contributed by atoms with van der Waals surface area (Å²) in [5.41, 5.74) is 1.75. The number of benzene rings is 2. The summed E-state index contributed by atoms with van der Waals surface area (Å²) in [4.78, 5) is 10.6. The molecule has 0 saturated carbocycles. The summed E-state index contributed by atoms with van der Waals surface area (Å²) in [6.07, 6.45) is 2.60. The number of carbonyl (C=O) groups is 1. The maximum atomic E-state index is 10.6. The Labute approximate surface area is 135 Å². The Bertz CT molecular complexity index is 666. The quantitative estimate of drug-likeness (QED) is 0.774. The lowest BCUT2D eigenvalue weighted by Gasteiger charge is -2.08. The van der Waals surface area contributed by atoms with E-state index >= 15 is 0 Å². The van der Waals surface area contributed by atoms with E-state index < -0.39 is 5.97 Å². The Balaban J connectivity index is 2.08. The molecular weight excluding hydrogens is 356 g/mol. The highest BCUT2D eigenvalue weighted by molar-refractivity contribution is 9.10. The van der Waals surface area contributed by atoms with E-state index in [1.807, 2.05) is 36.4 Å². The Kier molecular flexibility index (Phi) is 5.42. The molecule has 3 nitrogen and oxygen atoms in total. The molecule has 0 unspecified atom stereocenters. The van der Waals surface area contributed by atoms with Gasteiger partial charge in [0.15, 0.2) is 0 Å². The molecule has 0 aromatic heterocycles. The van der Waals surface area contributed by atoms with Gasteiger partial charge in [-0.1, -0.05) is 39.7 Å². The van der Waals surface area contributed by atoms with Crippen LogP contribution in [0, 0.1) is 0 Å². The van der Waals surface area contributed by atoms with Gasteiger partial charge in [-0.3, -0.25) is 0 Å². The van der Waals surface area contributed by atoms with Crippen molar-refractivity contribution >= 4 is 39.6 Å². The summed E-state index contributed by atoms with van der Waals surface area (Å²) in [6.45, 7) is 0.418. The van der Waals surface area contributed by atoms with Crippen molar-refractivity contribution in [3.8, 4) is 5.75 Å². The lowest BCUT2D eigenvalue weighted by Crippen LogP contribution is -1.95. The van der Waals surface area contributed by atoms with E-state index in [-0.39, 0.29) is 0 Å². The first-order valence-electron chi connectivity index (χ1n) is 6.12. The average Bonchev–Trinajstić information content (AvgIpc) is 2.46. The first-order chi connectivity index (χ1) is 10.0. The van der Waals surface area contributed by atoms with Crippen LogP contribution in [-0.4, -0.2) is 11.1 Å². The van der Waals surface area contributed by atoms with Gasteiger partial charge in [-0.2, -0.15) is 0 Å². The molecule has 2 aromatic rings. The van der Waals surface area contributed by atoms with Crippen molar-refractivity contribution in [3.05, 3.63) is 69.2 Å². The van der Waals surface area contributed by atoms with Crippen LogP contribution >= 0.6 is 27.5 Å². The van der Waals surface area contributed by atoms with Crippen LogP contribution in [0.3, 0.4) is 0 Å². The van der Waals surface area contributed by atoms with Gasteiger partial charge in [-0.05, 0) is 47.5 Å². The normalized spacial score (nSPS) is 10.8. The monoisotopic (exact) mass is 366 g/mol. The maximum absolute atomic E-state index is 10.6. The van der Waals surface area contributed by atoms with Crippen LogP contribution in [0.15, 0.2) is 53.0 Å². The molecule has 5 heteroatoms. The summed E-state index contributed by atoms with van der Waals surface area (Å²) in [6, 6.07) is 12.8. The minimum absolute atomic E-state index is 0.418. The fourth-order valence-corrected chi connectivity index (χ4v) is 2.15. The molecule has 108 valence electrons. The summed E-state index contributed by atoms with van der Waals surface area (Å²) < 4.78 is 6.49. The molecule has 0 saturated heterocycles. The average molecular weight is 368 g/mol. The Hall–Kier alpha value is -1.78. The second-order valence-electron chi connectivity index (χ2n) is 4.27. The Morgan fingerprint density at radius 1 is 1.24 bits per heavy atom. The first-order valence-corrected chi connectivity index (χ1v) is 7.29. The van der Waals surface area contributed by atoms with E-state index in [9.17, 15) is 4.79 Å². The van der Waals surface area contributed by atoms with Crippen LogP contribution in [-0.2, 0) is 11.4 Å². The number of hydrogen-bond acceptors (Lipinski definition) is 2. The third-order valence-corrected chi connectivity index (χ3v) is 3.67. The molecule has 2 aromatic carbocycles. The van der Waals surface area contributed by atoms with Crippen molar-refractivity contribution in [1.82, 2.24) is 0 Å². The number of aliphatic carboxylic acids is 1. The Morgan fingerprint density at radius 3 is 2.62 bits per heavy atom. The fourth-order valence-electron chi connectivity index (χ4n) is 1.65.